The monoisotopic (exact) mass is 212 g/mol. The average molecular weight is 212 g/mol. The molecule has 0 aliphatic rings. The molecule has 4 heteroatoms. The molecule has 0 rings (SSSR count). The first-order chi connectivity index (χ1) is 6.43. The topological polar surface area (TPSA) is 20.2 Å². The highest BCUT2D eigenvalue weighted by Crippen LogP contribution is 2.33. The quantitative estimate of drug-likeness (QED) is 0.668. The van der Waals surface area contributed by atoms with Crippen molar-refractivity contribution in [3.8, 4) is 0 Å². The molecular weight excluding hydrogens is 193 g/mol. The number of rotatable bonds is 6. The van der Waals surface area contributed by atoms with Gasteiger partial charge in [0.15, 0.2) is 0 Å². The van der Waals surface area contributed by atoms with Gasteiger partial charge in [0, 0.05) is 0 Å². The van der Waals surface area contributed by atoms with E-state index < -0.39 is 18.2 Å². The average Bonchev–Trinajstić information content (AvgIpc) is 2.09. The second-order valence-electron chi connectivity index (χ2n) is 3.62. The Bertz CT molecular complexity index is 145. The van der Waals surface area contributed by atoms with Crippen molar-refractivity contribution in [1.29, 1.82) is 0 Å². The van der Waals surface area contributed by atoms with Crippen LogP contribution in [0.2, 0.25) is 0 Å². The fraction of sp³-hybridized carbons (Fsp3) is 1.00. The standard InChI is InChI=1S/C10H19F3O/c1-3-5-6-7-8(9(14)4-2)10(11,12)13/h8-9,14H,3-7H2,1-2H3/t8-,9-/m1/s1. The van der Waals surface area contributed by atoms with Gasteiger partial charge in [0.2, 0.25) is 0 Å². The van der Waals surface area contributed by atoms with Crippen LogP contribution in [0.3, 0.4) is 0 Å². The zero-order chi connectivity index (χ0) is 11.2. The van der Waals surface area contributed by atoms with Gasteiger partial charge in [0.1, 0.15) is 0 Å². The molecule has 0 aliphatic carbocycles. The number of aliphatic hydroxyl groups excluding tert-OH is 1. The van der Waals surface area contributed by atoms with Gasteiger partial charge in [-0.15, -0.1) is 0 Å². The molecule has 0 amide bonds. The van der Waals surface area contributed by atoms with Crippen molar-refractivity contribution in [3.63, 3.8) is 0 Å². The van der Waals surface area contributed by atoms with Gasteiger partial charge in [0.05, 0.1) is 12.0 Å². The molecule has 0 unspecified atom stereocenters. The summed E-state index contributed by atoms with van der Waals surface area (Å²) in [4.78, 5) is 0. The molecule has 0 aliphatic heterocycles. The summed E-state index contributed by atoms with van der Waals surface area (Å²) in [6, 6.07) is 0. The van der Waals surface area contributed by atoms with E-state index in [9.17, 15) is 18.3 Å². The van der Waals surface area contributed by atoms with Gasteiger partial charge in [-0.3, -0.25) is 0 Å². The molecule has 2 atom stereocenters. The Kier molecular flexibility index (Phi) is 6.16. The summed E-state index contributed by atoms with van der Waals surface area (Å²) in [5, 5.41) is 9.23. The summed E-state index contributed by atoms with van der Waals surface area (Å²) < 4.78 is 37.3. The summed E-state index contributed by atoms with van der Waals surface area (Å²) in [6.45, 7) is 3.52. The fourth-order valence-corrected chi connectivity index (χ4v) is 1.47. The van der Waals surface area contributed by atoms with Crippen LogP contribution in [0.4, 0.5) is 13.2 Å². The zero-order valence-corrected chi connectivity index (χ0v) is 8.77. The number of unbranched alkanes of at least 4 members (excludes halogenated alkanes) is 2. The van der Waals surface area contributed by atoms with Crippen LogP contribution in [0.15, 0.2) is 0 Å². The Balaban J connectivity index is 4.12. The van der Waals surface area contributed by atoms with E-state index >= 15 is 0 Å². The van der Waals surface area contributed by atoms with E-state index in [-0.39, 0.29) is 12.8 Å². The van der Waals surface area contributed by atoms with Crippen LogP contribution < -0.4 is 0 Å². The zero-order valence-electron chi connectivity index (χ0n) is 8.77. The number of hydrogen-bond donors (Lipinski definition) is 1. The lowest BCUT2D eigenvalue weighted by molar-refractivity contribution is -0.202. The van der Waals surface area contributed by atoms with E-state index in [1.807, 2.05) is 6.92 Å². The van der Waals surface area contributed by atoms with Gasteiger partial charge >= 0.3 is 6.18 Å². The second kappa shape index (κ2) is 6.27. The lowest BCUT2D eigenvalue weighted by atomic mass is 9.93. The summed E-state index contributed by atoms with van der Waals surface area (Å²) in [5.41, 5.74) is 0. The Hall–Kier alpha value is -0.250. The molecule has 0 bridgehead atoms. The Labute approximate surface area is 83.3 Å². The van der Waals surface area contributed by atoms with E-state index in [0.717, 1.165) is 12.8 Å². The molecule has 0 saturated carbocycles. The van der Waals surface area contributed by atoms with Crippen molar-refractivity contribution in [3.05, 3.63) is 0 Å². The van der Waals surface area contributed by atoms with Gasteiger partial charge in [-0.1, -0.05) is 33.1 Å². The molecule has 0 radical (unpaired) electrons. The number of aliphatic hydroxyl groups is 1. The number of hydrogen-bond acceptors (Lipinski definition) is 1. The highest BCUT2D eigenvalue weighted by molar-refractivity contribution is 4.74. The molecule has 0 aromatic rings. The van der Waals surface area contributed by atoms with Crippen LogP contribution in [0.25, 0.3) is 0 Å². The summed E-state index contributed by atoms with van der Waals surface area (Å²) in [5.74, 6) is -1.54. The molecule has 0 saturated heterocycles. The number of halogens is 3. The van der Waals surface area contributed by atoms with Gasteiger partial charge in [-0.05, 0) is 12.8 Å². The molecule has 1 nitrogen and oxygen atoms in total. The lowest BCUT2D eigenvalue weighted by Gasteiger charge is -2.24. The van der Waals surface area contributed by atoms with E-state index in [2.05, 4.69) is 0 Å². The molecular formula is C10H19F3O. The first-order valence-electron chi connectivity index (χ1n) is 5.18. The smallest absolute Gasteiger partial charge is 0.393 e. The van der Waals surface area contributed by atoms with E-state index in [0.29, 0.717) is 6.42 Å². The summed E-state index contributed by atoms with van der Waals surface area (Å²) >= 11 is 0. The predicted octanol–water partition coefficient (Wildman–Crippen LogP) is 3.52. The van der Waals surface area contributed by atoms with Crippen molar-refractivity contribution < 1.29 is 18.3 Å². The molecule has 86 valence electrons. The van der Waals surface area contributed by atoms with Crippen LogP contribution in [0.5, 0.6) is 0 Å². The minimum Gasteiger partial charge on any atom is -0.393 e. The van der Waals surface area contributed by atoms with E-state index in [4.69, 9.17) is 0 Å². The number of alkyl halides is 3. The van der Waals surface area contributed by atoms with Gasteiger partial charge < -0.3 is 5.11 Å². The second-order valence-corrected chi connectivity index (χ2v) is 3.62. The molecule has 1 N–H and O–H groups in total. The molecule has 0 spiro atoms. The minimum atomic E-state index is -4.26. The van der Waals surface area contributed by atoms with Gasteiger partial charge in [0.25, 0.3) is 0 Å². The van der Waals surface area contributed by atoms with E-state index in [1.54, 1.807) is 6.92 Å². The first-order valence-corrected chi connectivity index (χ1v) is 5.18. The molecule has 0 aromatic heterocycles. The lowest BCUT2D eigenvalue weighted by Crippen LogP contribution is -2.33. The predicted molar refractivity (Wildman–Crippen MR) is 50.0 cm³/mol. The van der Waals surface area contributed by atoms with Crippen molar-refractivity contribution in [2.75, 3.05) is 0 Å². The maximum Gasteiger partial charge on any atom is 0.394 e. The highest BCUT2D eigenvalue weighted by atomic mass is 19.4. The summed E-state index contributed by atoms with van der Waals surface area (Å²) in [7, 11) is 0. The van der Waals surface area contributed by atoms with Crippen LogP contribution in [0, 0.1) is 5.92 Å². The molecule has 0 aromatic carbocycles. The third kappa shape index (κ3) is 4.84. The van der Waals surface area contributed by atoms with Crippen LogP contribution in [0.1, 0.15) is 46.0 Å². The van der Waals surface area contributed by atoms with E-state index in [1.165, 1.54) is 0 Å². The fourth-order valence-electron chi connectivity index (χ4n) is 1.47. The van der Waals surface area contributed by atoms with Crippen molar-refractivity contribution >= 4 is 0 Å². The molecule has 0 fully saturated rings. The van der Waals surface area contributed by atoms with Crippen LogP contribution in [-0.4, -0.2) is 17.4 Å². The third-order valence-electron chi connectivity index (χ3n) is 2.42. The highest BCUT2D eigenvalue weighted by Gasteiger charge is 2.42. The Morgan fingerprint density at radius 2 is 1.71 bits per heavy atom. The Morgan fingerprint density at radius 3 is 2.07 bits per heavy atom. The third-order valence-corrected chi connectivity index (χ3v) is 2.42. The maximum atomic E-state index is 12.4. The SMILES string of the molecule is CCCCC[C@H]([C@H](O)CC)C(F)(F)F. The molecule has 14 heavy (non-hydrogen) atoms. The van der Waals surface area contributed by atoms with Crippen LogP contribution in [-0.2, 0) is 0 Å². The largest absolute Gasteiger partial charge is 0.394 e. The molecule has 0 heterocycles. The first kappa shape index (κ1) is 13.8. The van der Waals surface area contributed by atoms with Crippen LogP contribution >= 0.6 is 0 Å². The maximum absolute atomic E-state index is 12.4. The van der Waals surface area contributed by atoms with Gasteiger partial charge in [-0.25, -0.2) is 0 Å². The van der Waals surface area contributed by atoms with Crippen molar-refractivity contribution in [2.24, 2.45) is 5.92 Å². The minimum absolute atomic E-state index is 0.0480. The Morgan fingerprint density at radius 1 is 1.14 bits per heavy atom. The summed E-state index contributed by atoms with van der Waals surface area (Å²) in [6.07, 6.45) is -3.06. The van der Waals surface area contributed by atoms with Gasteiger partial charge in [-0.2, -0.15) is 13.2 Å². The normalized spacial score (nSPS) is 16.7. The van der Waals surface area contributed by atoms with Crippen molar-refractivity contribution in [1.82, 2.24) is 0 Å². The van der Waals surface area contributed by atoms with Crippen molar-refractivity contribution in [2.45, 2.75) is 58.2 Å².